The minimum atomic E-state index is -0.435. The molecule has 0 bridgehead atoms. The summed E-state index contributed by atoms with van der Waals surface area (Å²) in [7, 11) is 1.59. The molecule has 2 aromatic carbocycles. The fourth-order valence-corrected chi connectivity index (χ4v) is 2.42. The Morgan fingerprint density at radius 3 is 2.36 bits per heavy atom. The summed E-state index contributed by atoms with van der Waals surface area (Å²) in [5.41, 5.74) is 3.91. The molecule has 2 rings (SSSR count). The second-order valence-electron chi connectivity index (χ2n) is 4.95. The Morgan fingerprint density at radius 1 is 1.08 bits per heavy atom. The minimum absolute atomic E-state index is 0.264. The fraction of sp³-hybridized carbons (Fsp3) is 0.176. The van der Waals surface area contributed by atoms with Crippen LogP contribution in [-0.2, 0) is 4.79 Å². The molecule has 1 N–H and O–H groups in total. The maximum absolute atomic E-state index is 11.9. The quantitative estimate of drug-likeness (QED) is 0.438. The Balaban J connectivity index is 1.92. The van der Waals surface area contributed by atoms with E-state index in [0.29, 0.717) is 10.7 Å². The number of nitrogens with zero attached hydrogens (tertiary/aromatic N) is 1. The first-order valence-electron chi connectivity index (χ1n) is 7.15. The van der Waals surface area contributed by atoms with Gasteiger partial charge in [-0.25, -0.2) is 5.43 Å². The zero-order chi connectivity index (χ0) is 18.4. The van der Waals surface area contributed by atoms with Crippen LogP contribution in [0.4, 0.5) is 0 Å². The summed E-state index contributed by atoms with van der Waals surface area (Å²) in [5.74, 6) is 0.574. The van der Waals surface area contributed by atoms with Crippen molar-refractivity contribution in [2.45, 2.75) is 6.92 Å². The number of carbonyl (C=O) groups is 1. The van der Waals surface area contributed by atoms with E-state index in [2.05, 4.69) is 10.5 Å². The molecule has 0 aliphatic rings. The lowest BCUT2D eigenvalue weighted by Gasteiger charge is -2.09. The van der Waals surface area contributed by atoms with Gasteiger partial charge in [-0.2, -0.15) is 5.10 Å². The van der Waals surface area contributed by atoms with Crippen molar-refractivity contribution in [3.05, 3.63) is 57.0 Å². The topological polar surface area (TPSA) is 59.9 Å². The maximum atomic E-state index is 11.9. The van der Waals surface area contributed by atoms with Crippen LogP contribution in [0.5, 0.6) is 11.5 Å². The number of hydrogen-bond acceptors (Lipinski definition) is 4. The molecule has 1 amide bonds. The van der Waals surface area contributed by atoms with Gasteiger partial charge in [0, 0.05) is 6.07 Å². The molecule has 0 saturated carbocycles. The lowest BCUT2D eigenvalue weighted by Crippen LogP contribution is -2.25. The summed E-state index contributed by atoms with van der Waals surface area (Å²) in [5, 5.41) is 4.89. The Morgan fingerprint density at radius 2 is 1.72 bits per heavy atom. The van der Waals surface area contributed by atoms with Crippen LogP contribution in [0.1, 0.15) is 12.5 Å². The van der Waals surface area contributed by atoms with Crippen molar-refractivity contribution in [1.29, 1.82) is 0 Å². The minimum Gasteiger partial charge on any atom is -0.497 e. The first-order valence-corrected chi connectivity index (χ1v) is 8.29. The standard InChI is InChI=1S/C17H15Cl3N2O3/c1-10(11-3-5-12(24-2)6-4-11)21-22-17(23)9-25-16-8-14(19)13(18)7-15(16)20/h3-8H,9H2,1-2H3,(H,22,23)/b21-10+. The lowest BCUT2D eigenvalue weighted by molar-refractivity contribution is -0.123. The summed E-state index contributed by atoms with van der Waals surface area (Å²) in [6, 6.07) is 10.2. The molecule has 0 radical (unpaired) electrons. The Bertz CT molecular complexity index is 792. The van der Waals surface area contributed by atoms with Crippen LogP contribution in [0.15, 0.2) is 41.5 Å². The predicted molar refractivity (Wildman–Crippen MR) is 100 cm³/mol. The largest absolute Gasteiger partial charge is 0.497 e. The van der Waals surface area contributed by atoms with E-state index < -0.39 is 5.91 Å². The zero-order valence-corrected chi connectivity index (χ0v) is 15.7. The van der Waals surface area contributed by atoms with Gasteiger partial charge in [-0.1, -0.05) is 34.8 Å². The van der Waals surface area contributed by atoms with E-state index >= 15 is 0 Å². The Kier molecular flexibility index (Phi) is 6.93. The molecular formula is C17H15Cl3N2O3. The van der Waals surface area contributed by atoms with E-state index in [1.54, 1.807) is 14.0 Å². The third-order valence-corrected chi connectivity index (χ3v) is 4.21. The molecule has 0 heterocycles. The molecule has 0 aliphatic carbocycles. The average molecular weight is 402 g/mol. The number of rotatable bonds is 6. The number of nitrogens with one attached hydrogen (secondary N) is 1. The van der Waals surface area contributed by atoms with Crippen molar-refractivity contribution in [1.82, 2.24) is 5.43 Å². The van der Waals surface area contributed by atoms with Gasteiger partial charge in [0.2, 0.25) is 0 Å². The molecule has 8 heteroatoms. The Hall–Kier alpha value is -1.95. The number of ether oxygens (including phenoxy) is 2. The van der Waals surface area contributed by atoms with Crippen LogP contribution in [0.25, 0.3) is 0 Å². The zero-order valence-electron chi connectivity index (χ0n) is 13.5. The SMILES string of the molecule is COc1ccc(/C(C)=N/NC(=O)COc2cc(Cl)c(Cl)cc2Cl)cc1. The molecule has 2 aromatic rings. The first-order chi connectivity index (χ1) is 11.9. The highest BCUT2D eigenvalue weighted by Crippen LogP contribution is 2.33. The van der Waals surface area contributed by atoms with Gasteiger partial charge < -0.3 is 9.47 Å². The van der Waals surface area contributed by atoms with Crippen LogP contribution >= 0.6 is 34.8 Å². The van der Waals surface area contributed by atoms with E-state index in [9.17, 15) is 4.79 Å². The van der Waals surface area contributed by atoms with Gasteiger partial charge in [-0.05, 0) is 42.8 Å². The molecule has 0 spiro atoms. The van der Waals surface area contributed by atoms with E-state index in [4.69, 9.17) is 44.3 Å². The molecule has 0 saturated heterocycles. The molecule has 0 fully saturated rings. The van der Waals surface area contributed by atoms with Gasteiger partial charge in [0.15, 0.2) is 6.61 Å². The monoisotopic (exact) mass is 400 g/mol. The summed E-state index contributed by atoms with van der Waals surface area (Å²) in [6.07, 6.45) is 0. The normalized spacial score (nSPS) is 11.2. The van der Waals surface area contributed by atoms with Crippen molar-refractivity contribution in [2.75, 3.05) is 13.7 Å². The van der Waals surface area contributed by atoms with E-state index in [1.807, 2.05) is 24.3 Å². The van der Waals surface area contributed by atoms with Crippen LogP contribution in [0, 0.1) is 0 Å². The summed E-state index contributed by atoms with van der Waals surface area (Å²) >= 11 is 17.7. The molecular weight excluding hydrogens is 387 g/mol. The number of hydrazone groups is 1. The summed E-state index contributed by atoms with van der Waals surface area (Å²) in [6.45, 7) is 1.51. The molecule has 25 heavy (non-hydrogen) atoms. The van der Waals surface area contributed by atoms with Crippen LogP contribution in [0.3, 0.4) is 0 Å². The predicted octanol–water partition coefficient (Wildman–Crippen LogP) is 4.57. The highest BCUT2D eigenvalue weighted by molar-refractivity contribution is 6.43. The Labute approximate surface area is 160 Å². The van der Waals surface area contributed by atoms with E-state index in [0.717, 1.165) is 11.3 Å². The maximum Gasteiger partial charge on any atom is 0.277 e. The average Bonchev–Trinajstić information content (AvgIpc) is 2.61. The van der Waals surface area contributed by atoms with Gasteiger partial charge in [0.25, 0.3) is 5.91 Å². The summed E-state index contributed by atoms with van der Waals surface area (Å²) < 4.78 is 10.4. The smallest absolute Gasteiger partial charge is 0.277 e. The van der Waals surface area contributed by atoms with Crippen molar-refractivity contribution < 1.29 is 14.3 Å². The van der Waals surface area contributed by atoms with E-state index in [-0.39, 0.29) is 22.4 Å². The summed E-state index contributed by atoms with van der Waals surface area (Å²) in [4.78, 5) is 11.9. The second kappa shape index (κ2) is 8.94. The van der Waals surface area contributed by atoms with Gasteiger partial charge in [-0.15, -0.1) is 0 Å². The number of halogens is 3. The number of benzene rings is 2. The molecule has 132 valence electrons. The van der Waals surface area contributed by atoms with Crippen molar-refractivity contribution >= 4 is 46.4 Å². The third kappa shape index (κ3) is 5.53. The highest BCUT2D eigenvalue weighted by atomic mass is 35.5. The van der Waals surface area contributed by atoms with Crippen LogP contribution in [0.2, 0.25) is 15.1 Å². The van der Waals surface area contributed by atoms with E-state index in [1.165, 1.54) is 12.1 Å². The fourth-order valence-electron chi connectivity index (χ4n) is 1.83. The first kappa shape index (κ1) is 19.4. The number of hydrogen-bond donors (Lipinski definition) is 1. The lowest BCUT2D eigenvalue weighted by atomic mass is 10.1. The molecule has 0 unspecified atom stereocenters. The van der Waals surface area contributed by atoms with Crippen molar-refractivity contribution in [2.24, 2.45) is 5.10 Å². The van der Waals surface area contributed by atoms with Gasteiger partial charge in [0.1, 0.15) is 11.5 Å². The van der Waals surface area contributed by atoms with Crippen LogP contribution < -0.4 is 14.9 Å². The van der Waals surface area contributed by atoms with Crippen molar-refractivity contribution in [3.8, 4) is 11.5 Å². The van der Waals surface area contributed by atoms with Gasteiger partial charge in [-0.3, -0.25) is 4.79 Å². The molecule has 0 atom stereocenters. The molecule has 5 nitrogen and oxygen atoms in total. The van der Waals surface area contributed by atoms with Crippen LogP contribution in [-0.4, -0.2) is 25.3 Å². The number of carbonyl (C=O) groups excluding carboxylic acids is 1. The van der Waals surface area contributed by atoms with Crippen molar-refractivity contribution in [3.63, 3.8) is 0 Å². The van der Waals surface area contributed by atoms with Gasteiger partial charge in [0.05, 0.1) is 27.9 Å². The highest BCUT2D eigenvalue weighted by Gasteiger charge is 2.09. The molecule has 0 aromatic heterocycles. The second-order valence-corrected chi connectivity index (χ2v) is 6.17. The van der Waals surface area contributed by atoms with Gasteiger partial charge >= 0.3 is 0 Å². The number of methoxy groups -OCH3 is 1. The third-order valence-electron chi connectivity index (χ3n) is 3.19. The molecule has 0 aliphatic heterocycles. The number of amides is 1.